The van der Waals surface area contributed by atoms with E-state index in [2.05, 4.69) is 46.7 Å². The minimum Gasteiger partial charge on any atom is -0.314 e. The van der Waals surface area contributed by atoms with Gasteiger partial charge in [-0.1, -0.05) is 33.1 Å². The lowest BCUT2D eigenvalue weighted by Gasteiger charge is -2.26. The van der Waals surface area contributed by atoms with E-state index >= 15 is 0 Å². The Morgan fingerprint density at radius 3 is 2.62 bits per heavy atom. The maximum Gasteiger partial charge on any atom is 0.0766 e. The molecule has 1 N–H and O–H groups in total. The molecule has 1 fully saturated rings. The molecule has 1 aromatic heterocycles. The van der Waals surface area contributed by atoms with E-state index in [1.165, 1.54) is 48.0 Å². The molecule has 0 saturated heterocycles. The largest absolute Gasteiger partial charge is 0.314 e. The third-order valence-electron chi connectivity index (χ3n) is 4.78. The fraction of sp³-hybridized carbons (Fsp3) is 0.824. The number of nitrogens with zero attached hydrogens (tertiary/aromatic N) is 2. The van der Waals surface area contributed by atoms with E-state index in [0.717, 1.165) is 31.8 Å². The second kappa shape index (κ2) is 8.33. The number of rotatable bonds is 6. The fourth-order valence-electron chi connectivity index (χ4n) is 3.62. The van der Waals surface area contributed by atoms with Gasteiger partial charge in [0.15, 0.2) is 0 Å². The van der Waals surface area contributed by atoms with Crippen molar-refractivity contribution in [2.75, 3.05) is 6.54 Å². The van der Waals surface area contributed by atoms with Crippen LogP contribution in [0.3, 0.4) is 0 Å². The van der Waals surface area contributed by atoms with Crippen LogP contribution in [0.5, 0.6) is 0 Å². The van der Waals surface area contributed by atoms with Gasteiger partial charge in [-0.3, -0.25) is 4.68 Å². The lowest BCUT2D eigenvalue weighted by molar-refractivity contribution is 0.330. The summed E-state index contributed by atoms with van der Waals surface area (Å²) >= 11 is 3.80. The zero-order valence-electron chi connectivity index (χ0n) is 13.8. The third kappa shape index (κ3) is 4.10. The maximum absolute atomic E-state index is 4.76. The summed E-state index contributed by atoms with van der Waals surface area (Å²) in [5.74, 6) is 0.746. The van der Waals surface area contributed by atoms with Gasteiger partial charge in [-0.2, -0.15) is 5.10 Å². The van der Waals surface area contributed by atoms with E-state index in [1.807, 2.05) is 0 Å². The number of aromatic nitrogens is 2. The molecule has 1 aromatic rings. The van der Waals surface area contributed by atoms with E-state index in [4.69, 9.17) is 5.10 Å². The van der Waals surface area contributed by atoms with Crippen molar-refractivity contribution in [3.8, 4) is 0 Å². The van der Waals surface area contributed by atoms with E-state index in [-0.39, 0.29) is 0 Å². The van der Waals surface area contributed by atoms with Crippen LogP contribution in [-0.2, 0) is 19.4 Å². The molecule has 2 atom stereocenters. The fourth-order valence-corrected chi connectivity index (χ4v) is 4.35. The lowest BCUT2D eigenvalue weighted by Crippen LogP contribution is -2.36. The highest BCUT2D eigenvalue weighted by atomic mass is 79.9. The quantitative estimate of drug-likeness (QED) is 0.769. The van der Waals surface area contributed by atoms with Crippen LogP contribution in [0.25, 0.3) is 0 Å². The maximum atomic E-state index is 4.76. The zero-order chi connectivity index (χ0) is 15.2. The summed E-state index contributed by atoms with van der Waals surface area (Å²) in [6.07, 6.45) is 8.99. The minimum absolute atomic E-state index is 0.676. The molecule has 0 aliphatic heterocycles. The first-order valence-electron chi connectivity index (χ1n) is 8.68. The van der Waals surface area contributed by atoms with Crippen molar-refractivity contribution in [1.29, 1.82) is 0 Å². The van der Waals surface area contributed by atoms with Crippen molar-refractivity contribution in [2.45, 2.75) is 78.3 Å². The molecule has 4 heteroatoms. The van der Waals surface area contributed by atoms with E-state index in [0.29, 0.717) is 6.04 Å². The summed E-state index contributed by atoms with van der Waals surface area (Å²) < 4.78 is 3.46. The monoisotopic (exact) mass is 355 g/mol. The molecular formula is C17H30BrN3. The molecule has 1 aliphatic carbocycles. The van der Waals surface area contributed by atoms with E-state index < -0.39 is 0 Å². The number of nitrogens with one attached hydrogen (secondary N) is 1. The van der Waals surface area contributed by atoms with Gasteiger partial charge in [0.1, 0.15) is 0 Å². The van der Waals surface area contributed by atoms with Gasteiger partial charge in [-0.15, -0.1) is 0 Å². The average Bonchev–Trinajstić information content (AvgIpc) is 2.65. The highest BCUT2D eigenvalue weighted by Crippen LogP contribution is 2.31. The average molecular weight is 356 g/mol. The van der Waals surface area contributed by atoms with Crippen LogP contribution in [0.4, 0.5) is 0 Å². The van der Waals surface area contributed by atoms with Crippen LogP contribution in [0.2, 0.25) is 0 Å². The van der Waals surface area contributed by atoms with Crippen LogP contribution in [0, 0.1) is 5.92 Å². The molecule has 0 radical (unpaired) electrons. The number of aryl methyl sites for hydroxylation is 2. The van der Waals surface area contributed by atoms with Gasteiger partial charge in [0.2, 0.25) is 0 Å². The van der Waals surface area contributed by atoms with Crippen molar-refractivity contribution in [1.82, 2.24) is 15.1 Å². The van der Waals surface area contributed by atoms with Crippen molar-refractivity contribution in [3.63, 3.8) is 0 Å². The Balaban J connectivity index is 2.19. The number of hydrogen-bond donors (Lipinski definition) is 1. The molecular weight excluding hydrogens is 326 g/mol. The Bertz CT molecular complexity index is 441. The molecule has 21 heavy (non-hydrogen) atoms. The lowest BCUT2D eigenvalue weighted by atomic mass is 9.90. The van der Waals surface area contributed by atoms with Crippen LogP contribution in [0.15, 0.2) is 4.47 Å². The summed E-state index contributed by atoms with van der Waals surface area (Å²) in [7, 11) is 0. The smallest absolute Gasteiger partial charge is 0.0766 e. The first-order valence-corrected chi connectivity index (χ1v) is 9.47. The summed E-state index contributed by atoms with van der Waals surface area (Å²) in [4.78, 5) is 0. The SMILES string of the molecule is CCNC1CCCCCC1Cc1c(Br)c(CC)nn1CC. The molecule has 0 bridgehead atoms. The summed E-state index contributed by atoms with van der Waals surface area (Å²) in [6.45, 7) is 8.65. The Morgan fingerprint density at radius 1 is 1.19 bits per heavy atom. The molecule has 0 amide bonds. The predicted molar refractivity (Wildman–Crippen MR) is 92.7 cm³/mol. The normalized spacial score (nSPS) is 23.2. The minimum atomic E-state index is 0.676. The van der Waals surface area contributed by atoms with Gasteiger partial charge in [0.25, 0.3) is 0 Å². The Kier molecular flexibility index (Phi) is 6.74. The van der Waals surface area contributed by atoms with Gasteiger partial charge in [-0.25, -0.2) is 0 Å². The topological polar surface area (TPSA) is 29.9 Å². The first kappa shape index (κ1) is 17.0. The Hall–Kier alpha value is -0.350. The Morgan fingerprint density at radius 2 is 1.95 bits per heavy atom. The van der Waals surface area contributed by atoms with Gasteiger partial charge in [-0.05, 0) is 61.0 Å². The molecule has 2 unspecified atom stereocenters. The molecule has 1 saturated carbocycles. The van der Waals surface area contributed by atoms with Crippen LogP contribution in [-0.4, -0.2) is 22.4 Å². The van der Waals surface area contributed by atoms with E-state index in [9.17, 15) is 0 Å². The summed E-state index contributed by atoms with van der Waals surface area (Å²) in [5, 5.41) is 8.48. The number of hydrogen-bond acceptors (Lipinski definition) is 2. The van der Waals surface area contributed by atoms with Gasteiger partial charge in [0, 0.05) is 12.6 Å². The van der Waals surface area contributed by atoms with Crippen molar-refractivity contribution < 1.29 is 0 Å². The standard InChI is InChI=1S/C17H30BrN3/c1-4-14-17(18)16(21(6-3)20-14)12-13-10-8-7-9-11-15(13)19-5-2/h13,15,19H,4-12H2,1-3H3. The highest BCUT2D eigenvalue weighted by molar-refractivity contribution is 9.10. The predicted octanol–water partition coefficient (Wildman–Crippen LogP) is 4.33. The zero-order valence-corrected chi connectivity index (χ0v) is 15.4. The Labute approximate surface area is 138 Å². The van der Waals surface area contributed by atoms with Crippen molar-refractivity contribution in [2.24, 2.45) is 5.92 Å². The van der Waals surface area contributed by atoms with Gasteiger partial charge in [0.05, 0.1) is 15.9 Å². The second-order valence-corrected chi connectivity index (χ2v) is 6.94. The molecule has 3 nitrogen and oxygen atoms in total. The summed E-state index contributed by atoms with van der Waals surface area (Å²) in [6, 6.07) is 0.676. The highest BCUT2D eigenvalue weighted by Gasteiger charge is 2.26. The van der Waals surface area contributed by atoms with Crippen molar-refractivity contribution in [3.05, 3.63) is 15.9 Å². The second-order valence-electron chi connectivity index (χ2n) is 6.14. The molecule has 0 spiro atoms. The summed E-state index contributed by atoms with van der Waals surface area (Å²) in [5.41, 5.74) is 2.62. The van der Waals surface area contributed by atoms with Crippen LogP contribution < -0.4 is 5.32 Å². The molecule has 0 aromatic carbocycles. The molecule has 1 heterocycles. The van der Waals surface area contributed by atoms with Crippen LogP contribution >= 0.6 is 15.9 Å². The molecule has 1 aliphatic rings. The van der Waals surface area contributed by atoms with Gasteiger partial charge < -0.3 is 5.32 Å². The van der Waals surface area contributed by atoms with Gasteiger partial charge >= 0.3 is 0 Å². The molecule has 120 valence electrons. The third-order valence-corrected chi connectivity index (χ3v) is 5.69. The number of halogens is 1. The van der Waals surface area contributed by atoms with E-state index in [1.54, 1.807) is 0 Å². The first-order chi connectivity index (χ1) is 10.2. The van der Waals surface area contributed by atoms with Crippen LogP contribution in [0.1, 0.15) is 64.3 Å². The van der Waals surface area contributed by atoms with Crippen molar-refractivity contribution >= 4 is 15.9 Å². The molecule has 2 rings (SSSR count).